The van der Waals surface area contributed by atoms with Crippen LogP contribution >= 0.6 is 34.7 Å². The lowest BCUT2D eigenvalue weighted by molar-refractivity contribution is -0.138. The van der Waals surface area contributed by atoms with E-state index in [4.69, 9.17) is 21.3 Å². The number of esters is 1. The van der Waals surface area contributed by atoms with Crippen molar-refractivity contribution in [2.75, 3.05) is 12.9 Å². The second kappa shape index (κ2) is 13.2. The van der Waals surface area contributed by atoms with Gasteiger partial charge in [0, 0.05) is 44.7 Å². The van der Waals surface area contributed by atoms with Gasteiger partial charge in [0.1, 0.15) is 0 Å². The normalized spacial score (nSPS) is 14.7. The lowest BCUT2D eigenvalue weighted by Gasteiger charge is -2.26. The standard InChI is InChI=1S/C38H30ClN3O3S2/c1-3-45-37(44)33-34(24-11-5-4-6-12-24)40-38-42(35(33)25-17-19-28(46-2)20-18-25)36(43)32(47-38)21-27-23-41(31-16-10-8-14-29(27)31)22-26-13-7-9-15-30(26)39/h4-21,23,35H,3,22H2,1-2H3/b32-21-/t35-/m0/s1. The van der Waals surface area contributed by atoms with Gasteiger partial charge in [0.05, 0.1) is 28.5 Å². The summed E-state index contributed by atoms with van der Waals surface area (Å²) >= 11 is 9.47. The third kappa shape index (κ3) is 5.89. The Balaban J connectivity index is 1.45. The first-order valence-electron chi connectivity index (χ1n) is 15.2. The first-order chi connectivity index (χ1) is 23.0. The van der Waals surface area contributed by atoms with Crippen LogP contribution in [0.15, 0.2) is 130 Å². The number of para-hydroxylation sites is 1. The molecule has 47 heavy (non-hydrogen) atoms. The van der Waals surface area contributed by atoms with Gasteiger partial charge < -0.3 is 9.30 Å². The van der Waals surface area contributed by atoms with Crippen molar-refractivity contribution in [2.24, 2.45) is 4.99 Å². The Hall–Kier alpha value is -4.63. The van der Waals surface area contributed by atoms with E-state index >= 15 is 0 Å². The van der Waals surface area contributed by atoms with E-state index in [-0.39, 0.29) is 12.2 Å². The third-order valence-electron chi connectivity index (χ3n) is 8.21. The summed E-state index contributed by atoms with van der Waals surface area (Å²) in [7, 11) is 0. The van der Waals surface area contributed by atoms with E-state index in [0.29, 0.717) is 32.2 Å². The van der Waals surface area contributed by atoms with Crippen LogP contribution in [0.5, 0.6) is 0 Å². The number of rotatable bonds is 8. The molecule has 0 unspecified atom stereocenters. The minimum atomic E-state index is -0.722. The molecular weight excluding hydrogens is 646 g/mol. The summed E-state index contributed by atoms with van der Waals surface area (Å²) in [6.07, 6.45) is 6.00. The number of benzene rings is 4. The second-order valence-corrected chi connectivity index (χ2v) is 13.3. The number of hydrogen-bond donors (Lipinski definition) is 0. The van der Waals surface area contributed by atoms with Crippen LogP contribution in [0.25, 0.3) is 22.7 Å². The summed E-state index contributed by atoms with van der Waals surface area (Å²) in [6, 6.07) is 32.8. The van der Waals surface area contributed by atoms with E-state index in [9.17, 15) is 9.59 Å². The van der Waals surface area contributed by atoms with Gasteiger partial charge in [-0.05, 0) is 54.6 Å². The van der Waals surface area contributed by atoms with Crippen LogP contribution in [0.1, 0.15) is 35.2 Å². The van der Waals surface area contributed by atoms with Crippen molar-refractivity contribution in [1.82, 2.24) is 9.13 Å². The molecule has 6 aromatic rings. The Morgan fingerprint density at radius 2 is 1.70 bits per heavy atom. The lowest BCUT2D eigenvalue weighted by Crippen LogP contribution is -2.40. The second-order valence-electron chi connectivity index (χ2n) is 11.0. The van der Waals surface area contributed by atoms with E-state index in [2.05, 4.69) is 22.9 Å². The zero-order chi connectivity index (χ0) is 32.5. The number of thiazole rings is 1. The zero-order valence-corrected chi connectivity index (χ0v) is 28.1. The summed E-state index contributed by atoms with van der Waals surface area (Å²) in [5, 5.41) is 1.73. The average Bonchev–Trinajstić information content (AvgIpc) is 3.61. The summed E-state index contributed by atoms with van der Waals surface area (Å²) in [4.78, 5) is 34.8. The van der Waals surface area contributed by atoms with Crippen LogP contribution < -0.4 is 14.9 Å². The fourth-order valence-corrected chi connectivity index (χ4v) is 7.61. The predicted octanol–water partition coefficient (Wildman–Crippen LogP) is 7.31. The fraction of sp³-hybridized carbons (Fsp3) is 0.132. The Labute approximate surface area is 284 Å². The number of carbonyl (C=O) groups is 1. The van der Waals surface area contributed by atoms with Crippen molar-refractivity contribution in [2.45, 2.75) is 24.4 Å². The Bertz CT molecular complexity index is 2340. The van der Waals surface area contributed by atoms with Gasteiger partial charge in [-0.2, -0.15) is 0 Å². The predicted molar refractivity (Wildman–Crippen MR) is 192 cm³/mol. The molecule has 2 aromatic heterocycles. The minimum absolute atomic E-state index is 0.200. The molecule has 0 bridgehead atoms. The van der Waals surface area contributed by atoms with Crippen molar-refractivity contribution in [1.29, 1.82) is 0 Å². The molecule has 6 nitrogen and oxygen atoms in total. The molecule has 0 radical (unpaired) electrons. The Morgan fingerprint density at radius 1 is 0.979 bits per heavy atom. The maximum atomic E-state index is 14.5. The van der Waals surface area contributed by atoms with Gasteiger partial charge in [-0.3, -0.25) is 9.36 Å². The molecule has 0 aliphatic carbocycles. The molecular formula is C38H30ClN3O3S2. The highest BCUT2D eigenvalue weighted by atomic mass is 35.5. The third-order valence-corrected chi connectivity index (χ3v) is 10.3. The van der Waals surface area contributed by atoms with Gasteiger partial charge in [-0.25, -0.2) is 9.79 Å². The number of ether oxygens (including phenoxy) is 1. The molecule has 3 heterocycles. The molecule has 0 fully saturated rings. The average molecular weight is 676 g/mol. The number of carbonyl (C=O) groups excluding carboxylic acids is 1. The summed E-state index contributed by atoms with van der Waals surface area (Å²) in [5.74, 6) is -0.494. The quantitative estimate of drug-likeness (QED) is 0.125. The molecule has 1 aliphatic heterocycles. The van der Waals surface area contributed by atoms with Gasteiger partial charge in [0.15, 0.2) is 4.80 Å². The summed E-state index contributed by atoms with van der Waals surface area (Å²) < 4.78 is 9.92. The van der Waals surface area contributed by atoms with Crippen molar-refractivity contribution >= 4 is 63.3 Å². The molecule has 7 rings (SSSR count). The number of thioether (sulfide) groups is 1. The number of nitrogens with zero attached hydrogens (tertiary/aromatic N) is 3. The molecule has 0 spiro atoms. The largest absolute Gasteiger partial charge is 0.463 e. The van der Waals surface area contributed by atoms with E-state index < -0.39 is 12.0 Å². The van der Waals surface area contributed by atoms with E-state index in [1.807, 2.05) is 103 Å². The molecule has 4 aromatic carbocycles. The van der Waals surface area contributed by atoms with Crippen LogP contribution in [-0.4, -0.2) is 28.0 Å². The highest BCUT2D eigenvalue weighted by Gasteiger charge is 2.35. The van der Waals surface area contributed by atoms with Gasteiger partial charge in [0.2, 0.25) is 0 Å². The van der Waals surface area contributed by atoms with Crippen molar-refractivity contribution in [3.05, 3.63) is 162 Å². The summed E-state index contributed by atoms with van der Waals surface area (Å²) in [5.41, 5.74) is 5.16. The lowest BCUT2D eigenvalue weighted by atomic mass is 9.93. The Kier molecular flexibility index (Phi) is 8.73. The van der Waals surface area contributed by atoms with Crippen LogP contribution in [-0.2, 0) is 16.1 Å². The van der Waals surface area contributed by atoms with Crippen LogP contribution in [0.4, 0.5) is 0 Å². The highest BCUT2D eigenvalue weighted by Crippen LogP contribution is 2.36. The van der Waals surface area contributed by atoms with Gasteiger partial charge in [0.25, 0.3) is 5.56 Å². The number of halogens is 1. The van der Waals surface area contributed by atoms with Crippen LogP contribution in [0.3, 0.4) is 0 Å². The zero-order valence-electron chi connectivity index (χ0n) is 25.7. The smallest absolute Gasteiger partial charge is 0.338 e. The topological polar surface area (TPSA) is 65.6 Å². The highest BCUT2D eigenvalue weighted by molar-refractivity contribution is 7.98. The van der Waals surface area contributed by atoms with Gasteiger partial charge in [-0.15, -0.1) is 11.8 Å². The first kappa shape index (κ1) is 31.0. The molecule has 1 aliphatic rings. The maximum Gasteiger partial charge on any atom is 0.338 e. The van der Waals surface area contributed by atoms with Gasteiger partial charge >= 0.3 is 5.97 Å². The SMILES string of the molecule is CCOC(=O)C1=C(c2ccccc2)N=c2s/c(=C\c3cn(Cc4ccccc4Cl)c4ccccc34)c(=O)n2[C@H]1c1ccc(SC)cc1. The molecule has 0 N–H and O–H groups in total. The van der Waals surface area contributed by atoms with Crippen molar-refractivity contribution in [3.8, 4) is 0 Å². The van der Waals surface area contributed by atoms with Crippen LogP contribution in [0.2, 0.25) is 5.02 Å². The molecule has 1 atom stereocenters. The molecule has 0 saturated carbocycles. The number of fused-ring (bicyclic) bond motifs is 2. The fourth-order valence-electron chi connectivity index (χ4n) is 6.01. The molecule has 234 valence electrons. The van der Waals surface area contributed by atoms with Crippen molar-refractivity contribution in [3.63, 3.8) is 0 Å². The minimum Gasteiger partial charge on any atom is -0.463 e. The Morgan fingerprint density at radius 3 is 2.45 bits per heavy atom. The number of aromatic nitrogens is 2. The monoisotopic (exact) mass is 675 g/mol. The first-order valence-corrected chi connectivity index (χ1v) is 17.6. The molecule has 0 amide bonds. The molecule has 9 heteroatoms. The van der Waals surface area contributed by atoms with E-state index in [1.165, 1.54) is 11.3 Å². The van der Waals surface area contributed by atoms with Gasteiger partial charge in [-0.1, -0.05) is 102 Å². The summed E-state index contributed by atoms with van der Waals surface area (Å²) in [6.45, 7) is 2.57. The van der Waals surface area contributed by atoms with Crippen LogP contribution in [0, 0.1) is 0 Å². The molecule has 0 saturated heterocycles. The number of hydrogen-bond acceptors (Lipinski definition) is 6. The van der Waals surface area contributed by atoms with Crippen molar-refractivity contribution < 1.29 is 9.53 Å². The van der Waals surface area contributed by atoms with E-state index in [0.717, 1.165) is 38.1 Å². The maximum absolute atomic E-state index is 14.5. The van der Waals surface area contributed by atoms with E-state index in [1.54, 1.807) is 23.3 Å².